The Morgan fingerprint density at radius 2 is 1.88 bits per heavy atom. The van der Waals surface area contributed by atoms with Gasteiger partial charge in [-0.2, -0.15) is 4.98 Å². The summed E-state index contributed by atoms with van der Waals surface area (Å²) in [5.41, 5.74) is 2.80. The maximum absolute atomic E-state index is 12.5. The van der Waals surface area contributed by atoms with E-state index in [2.05, 4.69) is 14.8 Å². The van der Waals surface area contributed by atoms with E-state index >= 15 is 0 Å². The fraction of sp³-hybridized carbons (Fsp3) is 0.176. The van der Waals surface area contributed by atoms with Gasteiger partial charge >= 0.3 is 0 Å². The summed E-state index contributed by atoms with van der Waals surface area (Å²) >= 11 is 6.12. The summed E-state index contributed by atoms with van der Waals surface area (Å²) < 4.78 is 28.9. The van der Waals surface area contributed by atoms with Crippen LogP contribution in [-0.2, 0) is 16.6 Å². The highest BCUT2D eigenvalue weighted by Gasteiger charge is 2.17. The molecule has 0 unspecified atom stereocenters. The molecule has 0 aliphatic carbocycles. The van der Waals surface area contributed by atoms with E-state index in [4.69, 9.17) is 11.6 Å². The minimum absolute atomic E-state index is 0.0188. The van der Waals surface area contributed by atoms with Crippen LogP contribution < -0.4 is 4.72 Å². The van der Waals surface area contributed by atoms with Crippen LogP contribution in [0, 0.1) is 13.8 Å². The highest BCUT2D eigenvalue weighted by atomic mass is 35.5. The molecule has 0 saturated carbocycles. The van der Waals surface area contributed by atoms with Gasteiger partial charge in [0.05, 0.1) is 11.4 Å². The minimum atomic E-state index is -3.73. The third-order valence-corrected chi connectivity index (χ3v) is 5.54. The first-order valence-corrected chi connectivity index (χ1v) is 9.44. The van der Waals surface area contributed by atoms with Crippen LogP contribution in [0.3, 0.4) is 0 Å². The van der Waals surface area contributed by atoms with Gasteiger partial charge in [-0.1, -0.05) is 35.9 Å². The van der Waals surface area contributed by atoms with Crippen molar-refractivity contribution in [3.8, 4) is 0 Å². The normalized spacial score (nSPS) is 11.5. The zero-order chi connectivity index (χ0) is 18.0. The van der Waals surface area contributed by atoms with E-state index in [0.29, 0.717) is 11.6 Å². The Bertz CT molecular complexity index is 1010. The van der Waals surface area contributed by atoms with Crippen molar-refractivity contribution in [1.29, 1.82) is 0 Å². The van der Waals surface area contributed by atoms with E-state index in [0.717, 1.165) is 16.7 Å². The second kappa shape index (κ2) is 6.85. The molecule has 25 heavy (non-hydrogen) atoms. The van der Waals surface area contributed by atoms with Gasteiger partial charge in [0.2, 0.25) is 0 Å². The lowest BCUT2D eigenvalue weighted by Gasteiger charge is -2.07. The van der Waals surface area contributed by atoms with Crippen molar-refractivity contribution in [2.45, 2.75) is 25.3 Å². The molecule has 6 nitrogen and oxygen atoms in total. The number of hydrogen-bond donors (Lipinski definition) is 1. The van der Waals surface area contributed by atoms with Crippen molar-refractivity contribution in [1.82, 2.24) is 14.8 Å². The highest BCUT2D eigenvalue weighted by Crippen LogP contribution is 2.18. The summed E-state index contributed by atoms with van der Waals surface area (Å²) in [5.74, 6) is 0.0188. The molecule has 1 aromatic heterocycles. The van der Waals surface area contributed by atoms with Crippen LogP contribution in [0.5, 0.6) is 0 Å². The Balaban J connectivity index is 1.78. The average molecular weight is 377 g/mol. The molecule has 0 spiro atoms. The highest BCUT2D eigenvalue weighted by molar-refractivity contribution is 7.92. The first kappa shape index (κ1) is 17.4. The molecule has 130 valence electrons. The lowest BCUT2D eigenvalue weighted by Crippen LogP contribution is -2.14. The van der Waals surface area contributed by atoms with Crippen LogP contribution in [0.1, 0.15) is 16.7 Å². The van der Waals surface area contributed by atoms with Crippen LogP contribution in [0.4, 0.5) is 5.95 Å². The van der Waals surface area contributed by atoms with Crippen molar-refractivity contribution in [2.24, 2.45) is 0 Å². The number of anilines is 1. The molecule has 0 aliphatic rings. The lowest BCUT2D eigenvalue weighted by atomic mass is 10.1. The van der Waals surface area contributed by atoms with Gasteiger partial charge in [-0.25, -0.2) is 17.8 Å². The van der Waals surface area contributed by atoms with E-state index in [1.54, 1.807) is 24.3 Å². The molecule has 0 bridgehead atoms. The van der Waals surface area contributed by atoms with Gasteiger partial charge in [-0.15, -0.1) is 5.10 Å². The fourth-order valence-electron chi connectivity index (χ4n) is 2.28. The first-order valence-electron chi connectivity index (χ1n) is 7.58. The van der Waals surface area contributed by atoms with E-state index in [-0.39, 0.29) is 10.8 Å². The van der Waals surface area contributed by atoms with Gasteiger partial charge in [0.25, 0.3) is 16.0 Å². The van der Waals surface area contributed by atoms with Crippen molar-refractivity contribution in [2.75, 3.05) is 4.72 Å². The molecule has 3 rings (SSSR count). The molecule has 0 aliphatic heterocycles. The SMILES string of the molecule is Cc1ccc(S(=O)(=O)Nc2ncn(Cc3ccccc3Cl)n2)cc1C. The summed E-state index contributed by atoms with van der Waals surface area (Å²) in [6.45, 7) is 4.19. The third kappa shape index (κ3) is 4.00. The van der Waals surface area contributed by atoms with E-state index in [1.165, 1.54) is 11.0 Å². The number of aromatic nitrogens is 3. The predicted octanol–water partition coefficient (Wildman–Crippen LogP) is 3.40. The third-order valence-electron chi connectivity index (χ3n) is 3.84. The van der Waals surface area contributed by atoms with E-state index in [1.807, 2.05) is 32.0 Å². The maximum atomic E-state index is 12.5. The number of rotatable bonds is 5. The van der Waals surface area contributed by atoms with Crippen LogP contribution >= 0.6 is 11.6 Å². The van der Waals surface area contributed by atoms with Gasteiger partial charge in [0.1, 0.15) is 6.33 Å². The number of sulfonamides is 1. The lowest BCUT2D eigenvalue weighted by molar-refractivity contribution is 0.600. The Hall–Kier alpha value is -2.38. The molecule has 3 aromatic rings. The first-order chi connectivity index (χ1) is 11.8. The number of halogens is 1. The van der Waals surface area contributed by atoms with Gasteiger partial charge < -0.3 is 0 Å². The molecule has 1 heterocycles. The summed E-state index contributed by atoms with van der Waals surface area (Å²) in [4.78, 5) is 4.19. The second-order valence-electron chi connectivity index (χ2n) is 5.71. The number of hydrogen-bond acceptors (Lipinski definition) is 4. The second-order valence-corrected chi connectivity index (χ2v) is 7.80. The molecule has 0 amide bonds. The summed E-state index contributed by atoms with van der Waals surface area (Å²) in [7, 11) is -3.73. The molecule has 0 radical (unpaired) electrons. The maximum Gasteiger partial charge on any atom is 0.264 e. The van der Waals surface area contributed by atoms with Gasteiger partial charge in [-0.3, -0.25) is 0 Å². The zero-order valence-electron chi connectivity index (χ0n) is 13.8. The van der Waals surface area contributed by atoms with Gasteiger partial charge in [-0.05, 0) is 48.7 Å². The molecule has 0 saturated heterocycles. The monoisotopic (exact) mass is 376 g/mol. The Labute approximate surface area is 151 Å². The summed E-state index contributed by atoms with van der Waals surface area (Å²) in [6, 6.07) is 12.3. The molecular formula is C17H17ClN4O2S. The summed E-state index contributed by atoms with van der Waals surface area (Å²) in [6.07, 6.45) is 1.46. The van der Waals surface area contributed by atoms with Crippen LogP contribution in [-0.4, -0.2) is 23.2 Å². The Morgan fingerprint density at radius 1 is 1.12 bits per heavy atom. The smallest absolute Gasteiger partial charge is 0.246 e. The number of nitrogens with zero attached hydrogens (tertiary/aromatic N) is 3. The van der Waals surface area contributed by atoms with Gasteiger partial charge in [0.15, 0.2) is 0 Å². The fourth-order valence-corrected chi connectivity index (χ4v) is 3.51. The Morgan fingerprint density at radius 3 is 2.60 bits per heavy atom. The molecule has 1 N–H and O–H groups in total. The minimum Gasteiger partial charge on any atom is -0.246 e. The van der Waals surface area contributed by atoms with Crippen molar-refractivity contribution in [3.05, 3.63) is 70.5 Å². The largest absolute Gasteiger partial charge is 0.264 e. The average Bonchev–Trinajstić information content (AvgIpc) is 2.98. The van der Waals surface area contributed by atoms with E-state index in [9.17, 15) is 8.42 Å². The zero-order valence-corrected chi connectivity index (χ0v) is 15.3. The summed E-state index contributed by atoms with van der Waals surface area (Å²) in [5, 5.41) is 4.77. The van der Waals surface area contributed by atoms with Crippen molar-refractivity contribution < 1.29 is 8.42 Å². The van der Waals surface area contributed by atoms with Crippen molar-refractivity contribution >= 4 is 27.6 Å². The molecular weight excluding hydrogens is 360 g/mol. The molecule has 2 aromatic carbocycles. The molecule has 0 atom stereocenters. The number of nitrogens with one attached hydrogen (secondary N) is 1. The van der Waals surface area contributed by atoms with Gasteiger partial charge in [0, 0.05) is 5.02 Å². The van der Waals surface area contributed by atoms with Crippen molar-refractivity contribution in [3.63, 3.8) is 0 Å². The topological polar surface area (TPSA) is 76.9 Å². The Kier molecular flexibility index (Phi) is 4.78. The standard InChI is InChI=1S/C17H17ClN4O2S/c1-12-7-8-15(9-13(12)2)25(23,24)21-17-19-11-22(20-17)10-14-5-3-4-6-16(14)18/h3-9,11H,10H2,1-2H3,(H,20,21). The van der Waals surface area contributed by atoms with Crippen LogP contribution in [0.2, 0.25) is 5.02 Å². The number of aryl methyl sites for hydroxylation is 2. The van der Waals surface area contributed by atoms with Crippen LogP contribution in [0.15, 0.2) is 53.7 Å². The molecule has 0 fully saturated rings. The quantitative estimate of drug-likeness (QED) is 0.740. The molecule has 8 heteroatoms. The number of benzene rings is 2. The predicted molar refractivity (Wildman–Crippen MR) is 97.3 cm³/mol. The van der Waals surface area contributed by atoms with E-state index < -0.39 is 10.0 Å². The van der Waals surface area contributed by atoms with Crippen LogP contribution in [0.25, 0.3) is 0 Å².